The van der Waals surface area contributed by atoms with Crippen LogP contribution in [0, 0.1) is 23.3 Å². The van der Waals surface area contributed by atoms with Crippen LogP contribution in [0.2, 0.25) is 0 Å². The van der Waals surface area contributed by atoms with Crippen molar-refractivity contribution in [1.82, 2.24) is 15.1 Å². The smallest absolute Gasteiger partial charge is 0.172 e. The average Bonchev–Trinajstić information content (AvgIpc) is 3.11. The quantitative estimate of drug-likeness (QED) is 0.367. The van der Waals surface area contributed by atoms with E-state index in [0.29, 0.717) is 17.5 Å². The maximum Gasteiger partial charge on any atom is 0.172 e. The van der Waals surface area contributed by atoms with Crippen molar-refractivity contribution in [3.8, 4) is 0 Å². The summed E-state index contributed by atoms with van der Waals surface area (Å²) in [6.07, 6.45) is 2.19. The van der Waals surface area contributed by atoms with Gasteiger partial charge in [0.15, 0.2) is 34.2 Å². The molecule has 0 saturated carbocycles. The third-order valence-electron chi connectivity index (χ3n) is 3.95. The molecule has 3 rings (SSSR count). The summed E-state index contributed by atoms with van der Waals surface area (Å²) in [5.41, 5.74) is 0.421. The maximum absolute atomic E-state index is 13.8. The van der Waals surface area contributed by atoms with Gasteiger partial charge in [-0.1, -0.05) is 30.3 Å². The average molecular weight is 408 g/mol. The lowest BCUT2D eigenvalue weighted by Gasteiger charge is -2.09. The molecule has 0 radical (unpaired) electrons. The van der Waals surface area contributed by atoms with Gasteiger partial charge < -0.3 is 10.6 Å². The zero-order valence-electron chi connectivity index (χ0n) is 14.6. The van der Waals surface area contributed by atoms with Gasteiger partial charge in [0.2, 0.25) is 0 Å². The summed E-state index contributed by atoms with van der Waals surface area (Å²) in [6, 6.07) is 11.6. The van der Waals surface area contributed by atoms with E-state index in [9.17, 15) is 17.6 Å². The predicted octanol–water partition coefficient (Wildman–Crippen LogP) is 4.02. The molecule has 2 N–H and O–H groups in total. The van der Waals surface area contributed by atoms with Crippen molar-refractivity contribution in [1.29, 1.82) is 0 Å². The van der Waals surface area contributed by atoms with Crippen LogP contribution < -0.4 is 10.6 Å². The largest absolute Gasteiger partial charge is 0.362 e. The zero-order valence-corrected chi connectivity index (χ0v) is 15.4. The van der Waals surface area contributed by atoms with Crippen molar-refractivity contribution in [3.63, 3.8) is 0 Å². The van der Waals surface area contributed by atoms with E-state index in [1.807, 2.05) is 30.3 Å². The highest BCUT2D eigenvalue weighted by Gasteiger charge is 2.19. The molecule has 0 spiro atoms. The SMILES string of the molecule is Fc1cc(F)c(F)c(Cn2ccc(NC(=S)NCCc3ccccc3)n2)c1F. The van der Waals surface area contributed by atoms with Crippen molar-refractivity contribution < 1.29 is 17.6 Å². The van der Waals surface area contributed by atoms with Crippen molar-refractivity contribution in [2.24, 2.45) is 0 Å². The number of rotatable bonds is 6. The van der Waals surface area contributed by atoms with Crippen LogP contribution in [0.4, 0.5) is 23.4 Å². The van der Waals surface area contributed by atoms with Crippen molar-refractivity contribution >= 4 is 23.1 Å². The Hall–Kier alpha value is -2.94. The monoisotopic (exact) mass is 408 g/mol. The minimum absolute atomic E-state index is 0.170. The Kier molecular flexibility index (Phi) is 6.25. The third kappa shape index (κ3) is 4.86. The lowest BCUT2D eigenvalue weighted by molar-refractivity contribution is 0.431. The first-order valence-electron chi connectivity index (χ1n) is 8.38. The van der Waals surface area contributed by atoms with E-state index in [4.69, 9.17) is 12.2 Å². The summed E-state index contributed by atoms with van der Waals surface area (Å²) < 4.78 is 55.2. The summed E-state index contributed by atoms with van der Waals surface area (Å²) in [6.45, 7) is 0.137. The molecule has 0 bridgehead atoms. The van der Waals surface area contributed by atoms with Gasteiger partial charge in [-0.25, -0.2) is 17.6 Å². The second-order valence-electron chi connectivity index (χ2n) is 5.96. The van der Waals surface area contributed by atoms with Gasteiger partial charge in [0.05, 0.1) is 12.1 Å². The standard InChI is InChI=1S/C19H16F4N4S/c20-14-10-15(21)18(23)13(17(14)22)11-27-9-7-16(26-27)25-19(28)24-8-6-12-4-2-1-3-5-12/h1-5,7,9-10H,6,8,11H2,(H2,24,25,26,28). The molecule has 0 amide bonds. The van der Waals surface area contributed by atoms with Crippen LogP contribution in [0.15, 0.2) is 48.7 Å². The normalized spacial score (nSPS) is 10.7. The first-order valence-corrected chi connectivity index (χ1v) is 8.79. The number of nitrogens with zero attached hydrogens (tertiary/aromatic N) is 2. The first kappa shape index (κ1) is 19.8. The van der Waals surface area contributed by atoms with Gasteiger partial charge in [0, 0.05) is 24.9 Å². The fourth-order valence-electron chi connectivity index (χ4n) is 2.57. The van der Waals surface area contributed by atoms with Gasteiger partial charge in [-0.05, 0) is 24.2 Å². The molecular formula is C19H16F4N4S. The second kappa shape index (κ2) is 8.83. The molecule has 1 heterocycles. The maximum atomic E-state index is 13.8. The number of benzene rings is 2. The number of hydrogen-bond donors (Lipinski definition) is 2. The number of aromatic nitrogens is 2. The summed E-state index contributed by atoms with van der Waals surface area (Å²) >= 11 is 5.18. The van der Waals surface area contributed by atoms with E-state index in [2.05, 4.69) is 15.7 Å². The number of halogens is 4. The molecule has 3 aromatic rings. The van der Waals surface area contributed by atoms with Crippen LogP contribution in [-0.4, -0.2) is 21.4 Å². The van der Waals surface area contributed by atoms with E-state index in [-0.39, 0.29) is 6.07 Å². The molecule has 0 saturated heterocycles. The molecule has 0 aliphatic heterocycles. The van der Waals surface area contributed by atoms with Gasteiger partial charge >= 0.3 is 0 Å². The Bertz CT molecular complexity index is 949. The van der Waals surface area contributed by atoms with Gasteiger partial charge in [0.25, 0.3) is 0 Å². The summed E-state index contributed by atoms with van der Waals surface area (Å²) in [5.74, 6) is -5.47. The molecule has 1 aromatic heterocycles. The highest BCUT2D eigenvalue weighted by Crippen LogP contribution is 2.20. The first-order chi connectivity index (χ1) is 13.4. The van der Waals surface area contributed by atoms with E-state index in [1.165, 1.54) is 12.3 Å². The van der Waals surface area contributed by atoms with Gasteiger partial charge in [-0.2, -0.15) is 5.10 Å². The van der Waals surface area contributed by atoms with E-state index in [0.717, 1.165) is 16.7 Å². The molecular weight excluding hydrogens is 392 g/mol. The van der Waals surface area contributed by atoms with Crippen LogP contribution in [0.25, 0.3) is 0 Å². The van der Waals surface area contributed by atoms with Gasteiger partial charge in [0.1, 0.15) is 0 Å². The van der Waals surface area contributed by atoms with Crippen LogP contribution in [0.5, 0.6) is 0 Å². The second-order valence-corrected chi connectivity index (χ2v) is 6.37. The number of hydrogen-bond acceptors (Lipinski definition) is 2. The molecule has 9 heteroatoms. The Morgan fingerprint density at radius 2 is 1.68 bits per heavy atom. The van der Waals surface area contributed by atoms with Crippen LogP contribution in [-0.2, 0) is 13.0 Å². The Morgan fingerprint density at radius 3 is 2.36 bits per heavy atom. The number of anilines is 1. The topological polar surface area (TPSA) is 41.9 Å². The lowest BCUT2D eigenvalue weighted by atomic mass is 10.1. The van der Waals surface area contributed by atoms with Gasteiger partial charge in [-0.15, -0.1) is 0 Å². The summed E-state index contributed by atoms with van der Waals surface area (Å²) in [7, 11) is 0. The molecule has 0 aliphatic rings. The summed E-state index contributed by atoms with van der Waals surface area (Å²) in [4.78, 5) is 0. The fraction of sp³-hybridized carbons (Fsp3) is 0.158. The molecule has 0 atom stereocenters. The highest BCUT2D eigenvalue weighted by atomic mass is 32.1. The van der Waals surface area contributed by atoms with Crippen molar-refractivity contribution in [2.75, 3.05) is 11.9 Å². The fourth-order valence-corrected chi connectivity index (χ4v) is 2.77. The third-order valence-corrected chi connectivity index (χ3v) is 4.19. The molecule has 4 nitrogen and oxygen atoms in total. The number of thiocarbonyl (C=S) groups is 1. The van der Waals surface area contributed by atoms with Crippen LogP contribution in [0.3, 0.4) is 0 Å². The molecule has 28 heavy (non-hydrogen) atoms. The molecule has 2 aromatic carbocycles. The Balaban J connectivity index is 1.56. The van der Waals surface area contributed by atoms with Crippen LogP contribution in [0.1, 0.15) is 11.1 Å². The van der Waals surface area contributed by atoms with E-state index in [1.54, 1.807) is 0 Å². The molecule has 0 fully saturated rings. The predicted molar refractivity (Wildman–Crippen MR) is 102 cm³/mol. The minimum atomic E-state index is -1.46. The molecule has 0 aliphatic carbocycles. The summed E-state index contributed by atoms with van der Waals surface area (Å²) in [5, 5.41) is 10.2. The van der Waals surface area contributed by atoms with Gasteiger partial charge in [-0.3, -0.25) is 4.68 Å². The molecule has 146 valence electrons. The lowest BCUT2D eigenvalue weighted by Crippen LogP contribution is -2.30. The van der Waals surface area contributed by atoms with Crippen molar-refractivity contribution in [2.45, 2.75) is 13.0 Å². The molecule has 0 unspecified atom stereocenters. The Labute approximate surface area is 164 Å². The number of nitrogens with one attached hydrogen (secondary N) is 2. The van der Waals surface area contributed by atoms with Crippen molar-refractivity contribution in [3.05, 3.63) is 83.1 Å². The minimum Gasteiger partial charge on any atom is -0.362 e. The Morgan fingerprint density at radius 1 is 1.00 bits per heavy atom. The highest BCUT2D eigenvalue weighted by molar-refractivity contribution is 7.80. The van der Waals surface area contributed by atoms with Crippen LogP contribution >= 0.6 is 12.2 Å². The zero-order chi connectivity index (χ0) is 20.1. The van der Waals surface area contributed by atoms with E-state index < -0.39 is 35.4 Å². The van der Waals surface area contributed by atoms with E-state index >= 15 is 0 Å².